The van der Waals surface area contributed by atoms with Crippen LogP contribution in [-0.4, -0.2) is 27.5 Å². The summed E-state index contributed by atoms with van der Waals surface area (Å²) in [6.07, 6.45) is 5.65. The van der Waals surface area contributed by atoms with Crippen LogP contribution in [0.15, 0.2) is 12.1 Å². The lowest BCUT2D eigenvalue weighted by atomic mass is 10.00. The zero-order chi connectivity index (χ0) is 14.2. The zero-order valence-electron chi connectivity index (χ0n) is 12.0. The molecular weight excluding hydrogens is 274 g/mol. The Labute approximate surface area is 124 Å². The van der Waals surface area contributed by atoms with Crippen molar-refractivity contribution in [2.75, 3.05) is 13.0 Å². The molecule has 0 bridgehead atoms. The molecule has 3 rings (SSSR count). The third kappa shape index (κ3) is 2.16. The molecule has 0 amide bonds. The molecule has 0 aromatic carbocycles. The molecule has 0 saturated heterocycles. The Balaban J connectivity index is 2.21. The SMILES string of the molecule is COc1ccc2nc(CCCl)n(C3(C)CCCC3)c2n1. The first kappa shape index (κ1) is 13.7. The first-order valence-electron chi connectivity index (χ1n) is 7.17. The molecule has 0 unspecified atom stereocenters. The van der Waals surface area contributed by atoms with Gasteiger partial charge in [-0.1, -0.05) is 12.8 Å². The number of ether oxygens (including phenoxy) is 1. The van der Waals surface area contributed by atoms with Gasteiger partial charge in [0.15, 0.2) is 5.65 Å². The maximum Gasteiger partial charge on any atom is 0.215 e. The summed E-state index contributed by atoms with van der Waals surface area (Å²) >= 11 is 5.95. The van der Waals surface area contributed by atoms with Gasteiger partial charge >= 0.3 is 0 Å². The van der Waals surface area contributed by atoms with Gasteiger partial charge in [-0.15, -0.1) is 11.6 Å². The van der Waals surface area contributed by atoms with Crippen molar-refractivity contribution < 1.29 is 4.74 Å². The number of aromatic nitrogens is 3. The van der Waals surface area contributed by atoms with Crippen LogP contribution in [0, 0.1) is 0 Å². The Kier molecular flexibility index (Phi) is 3.59. The first-order chi connectivity index (χ1) is 9.68. The Morgan fingerprint density at radius 2 is 2.05 bits per heavy atom. The summed E-state index contributed by atoms with van der Waals surface area (Å²) in [6.45, 7) is 2.31. The number of hydrogen-bond donors (Lipinski definition) is 0. The second-order valence-electron chi connectivity index (χ2n) is 5.70. The molecule has 5 heteroatoms. The lowest BCUT2D eigenvalue weighted by molar-refractivity contribution is 0.326. The van der Waals surface area contributed by atoms with Crippen LogP contribution in [-0.2, 0) is 12.0 Å². The molecule has 0 radical (unpaired) electrons. The third-order valence-electron chi connectivity index (χ3n) is 4.30. The molecule has 0 aliphatic heterocycles. The topological polar surface area (TPSA) is 39.9 Å². The van der Waals surface area contributed by atoms with Gasteiger partial charge in [-0.2, -0.15) is 4.98 Å². The first-order valence-corrected chi connectivity index (χ1v) is 7.70. The fourth-order valence-corrected chi connectivity index (χ4v) is 3.45. The summed E-state index contributed by atoms with van der Waals surface area (Å²) in [4.78, 5) is 9.35. The average molecular weight is 294 g/mol. The van der Waals surface area contributed by atoms with E-state index in [9.17, 15) is 0 Å². The van der Waals surface area contributed by atoms with Gasteiger partial charge in [-0.3, -0.25) is 0 Å². The molecule has 108 valence electrons. The maximum absolute atomic E-state index is 5.95. The normalized spacial score (nSPS) is 17.8. The number of hydrogen-bond acceptors (Lipinski definition) is 3. The molecule has 1 fully saturated rings. The minimum Gasteiger partial charge on any atom is -0.481 e. The van der Waals surface area contributed by atoms with Crippen LogP contribution in [0.3, 0.4) is 0 Å². The standard InChI is InChI=1S/C15H20ClN3O/c1-15(8-3-4-9-15)19-12(7-10-16)17-11-5-6-13(20-2)18-14(11)19/h5-6H,3-4,7-10H2,1-2H3. The van der Waals surface area contributed by atoms with Gasteiger partial charge in [0.1, 0.15) is 11.3 Å². The van der Waals surface area contributed by atoms with Crippen molar-refractivity contribution in [3.8, 4) is 5.88 Å². The number of halogens is 1. The third-order valence-corrected chi connectivity index (χ3v) is 4.49. The number of alkyl halides is 1. The minimum atomic E-state index is 0.107. The second kappa shape index (κ2) is 5.24. The highest BCUT2D eigenvalue weighted by molar-refractivity contribution is 6.17. The smallest absolute Gasteiger partial charge is 0.215 e. The van der Waals surface area contributed by atoms with Gasteiger partial charge < -0.3 is 9.30 Å². The highest BCUT2D eigenvalue weighted by Crippen LogP contribution is 2.39. The molecule has 0 N–H and O–H groups in total. The quantitative estimate of drug-likeness (QED) is 0.810. The largest absolute Gasteiger partial charge is 0.481 e. The molecule has 2 heterocycles. The van der Waals surface area contributed by atoms with Crippen LogP contribution in [0.2, 0.25) is 0 Å². The fourth-order valence-electron chi connectivity index (χ4n) is 3.28. The van der Waals surface area contributed by atoms with E-state index >= 15 is 0 Å². The van der Waals surface area contributed by atoms with E-state index in [0.717, 1.165) is 23.4 Å². The number of aryl methyl sites for hydroxylation is 1. The number of methoxy groups -OCH3 is 1. The zero-order valence-corrected chi connectivity index (χ0v) is 12.8. The van der Waals surface area contributed by atoms with Gasteiger partial charge in [0.25, 0.3) is 0 Å². The Morgan fingerprint density at radius 3 is 2.70 bits per heavy atom. The number of fused-ring (bicyclic) bond motifs is 1. The Bertz CT molecular complexity index is 617. The van der Waals surface area contributed by atoms with Crippen molar-refractivity contribution in [3.63, 3.8) is 0 Å². The summed E-state index contributed by atoms with van der Waals surface area (Å²) in [5.41, 5.74) is 1.96. The summed E-state index contributed by atoms with van der Waals surface area (Å²) in [5.74, 6) is 2.26. The summed E-state index contributed by atoms with van der Waals surface area (Å²) in [7, 11) is 1.64. The lowest BCUT2D eigenvalue weighted by Gasteiger charge is -2.28. The van der Waals surface area contributed by atoms with E-state index in [1.54, 1.807) is 7.11 Å². The lowest BCUT2D eigenvalue weighted by Crippen LogP contribution is -2.28. The average Bonchev–Trinajstić information content (AvgIpc) is 3.02. The van der Waals surface area contributed by atoms with Gasteiger partial charge in [0.05, 0.1) is 7.11 Å². The van der Waals surface area contributed by atoms with Gasteiger partial charge in [0.2, 0.25) is 5.88 Å². The van der Waals surface area contributed by atoms with Crippen molar-refractivity contribution in [2.24, 2.45) is 0 Å². The van der Waals surface area contributed by atoms with Crippen molar-refractivity contribution in [1.29, 1.82) is 0 Å². The van der Waals surface area contributed by atoms with E-state index in [0.29, 0.717) is 11.8 Å². The fraction of sp³-hybridized carbons (Fsp3) is 0.600. The predicted molar refractivity (Wildman–Crippen MR) is 80.6 cm³/mol. The van der Waals surface area contributed by atoms with E-state index in [2.05, 4.69) is 16.5 Å². The monoisotopic (exact) mass is 293 g/mol. The molecule has 2 aromatic heterocycles. The summed E-state index contributed by atoms with van der Waals surface area (Å²) in [5, 5.41) is 0. The van der Waals surface area contributed by atoms with Crippen molar-refractivity contribution >= 4 is 22.8 Å². The summed E-state index contributed by atoms with van der Waals surface area (Å²) in [6, 6.07) is 3.84. The van der Waals surface area contributed by atoms with Crippen LogP contribution >= 0.6 is 11.6 Å². The Hall–Kier alpha value is -1.29. The van der Waals surface area contributed by atoms with Gasteiger partial charge in [0, 0.05) is 23.9 Å². The molecule has 20 heavy (non-hydrogen) atoms. The van der Waals surface area contributed by atoms with Crippen LogP contribution in [0.1, 0.15) is 38.4 Å². The molecule has 4 nitrogen and oxygen atoms in total. The molecule has 1 aliphatic rings. The molecule has 0 spiro atoms. The highest BCUT2D eigenvalue weighted by Gasteiger charge is 2.34. The molecule has 1 saturated carbocycles. The van der Waals surface area contributed by atoms with E-state index < -0.39 is 0 Å². The van der Waals surface area contributed by atoms with Crippen LogP contribution in [0.25, 0.3) is 11.2 Å². The van der Waals surface area contributed by atoms with E-state index in [-0.39, 0.29) is 5.54 Å². The second-order valence-corrected chi connectivity index (χ2v) is 6.08. The van der Waals surface area contributed by atoms with Crippen molar-refractivity contribution in [1.82, 2.24) is 14.5 Å². The number of nitrogens with zero attached hydrogens (tertiary/aromatic N) is 3. The molecule has 1 aliphatic carbocycles. The highest BCUT2D eigenvalue weighted by atomic mass is 35.5. The van der Waals surface area contributed by atoms with Gasteiger partial charge in [-0.05, 0) is 25.8 Å². The van der Waals surface area contributed by atoms with E-state index in [1.165, 1.54) is 25.7 Å². The molecule has 0 atom stereocenters. The number of rotatable bonds is 4. The minimum absolute atomic E-state index is 0.107. The Morgan fingerprint density at radius 1 is 1.30 bits per heavy atom. The molecule has 2 aromatic rings. The maximum atomic E-state index is 5.95. The molecular formula is C15H20ClN3O. The van der Waals surface area contributed by atoms with Crippen molar-refractivity contribution in [3.05, 3.63) is 18.0 Å². The van der Waals surface area contributed by atoms with E-state index in [1.807, 2.05) is 12.1 Å². The van der Waals surface area contributed by atoms with Crippen molar-refractivity contribution in [2.45, 2.75) is 44.6 Å². The van der Waals surface area contributed by atoms with Crippen LogP contribution < -0.4 is 4.74 Å². The van der Waals surface area contributed by atoms with Crippen LogP contribution in [0.4, 0.5) is 0 Å². The number of pyridine rings is 1. The van der Waals surface area contributed by atoms with E-state index in [4.69, 9.17) is 21.3 Å². The van der Waals surface area contributed by atoms with Gasteiger partial charge in [-0.25, -0.2) is 4.98 Å². The van der Waals surface area contributed by atoms with Crippen LogP contribution in [0.5, 0.6) is 5.88 Å². The predicted octanol–water partition coefficient (Wildman–Crippen LogP) is 3.51. The number of imidazole rings is 1. The summed E-state index contributed by atoms with van der Waals surface area (Å²) < 4.78 is 7.57.